The molecule has 0 bridgehead atoms. The van der Waals surface area contributed by atoms with E-state index >= 15 is 0 Å². The Morgan fingerprint density at radius 1 is 1.39 bits per heavy atom. The van der Waals surface area contributed by atoms with Gasteiger partial charge in [0, 0.05) is 7.11 Å². The number of nitrogens with one attached hydrogen (secondary N) is 1. The minimum Gasteiger partial charge on any atom is -0.480 e. The Labute approximate surface area is 131 Å². The van der Waals surface area contributed by atoms with Crippen LogP contribution in [0, 0.1) is 12.7 Å². The van der Waals surface area contributed by atoms with Crippen molar-refractivity contribution in [3.05, 3.63) is 47.5 Å². The number of aromatic nitrogens is 2. The summed E-state index contributed by atoms with van der Waals surface area (Å²) in [6, 6.07) is 4.48. The first-order valence-electron chi connectivity index (χ1n) is 6.77. The quantitative estimate of drug-likeness (QED) is 0.832. The molecule has 1 heterocycles. The summed E-state index contributed by atoms with van der Waals surface area (Å²) in [5.74, 6) is -2.13. The lowest BCUT2D eigenvalue weighted by Crippen LogP contribution is -2.43. The lowest BCUT2D eigenvalue weighted by atomic mass is 10.2. The number of benzene rings is 1. The van der Waals surface area contributed by atoms with Gasteiger partial charge in [0.2, 0.25) is 0 Å². The first-order valence-corrected chi connectivity index (χ1v) is 6.77. The molecule has 122 valence electrons. The predicted octanol–water partition coefficient (Wildman–Crippen LogP) is 1.15. The standard InChI is InChI=1S/C15H16FN3O4/c1-9-12(14(20)18-13(8-23-2)15(21)22)7-17-19(9)11-5-3-10(16)4-6-11/h3-7,13H,8H2,1-2H3,(H,18,20)(H,21,22). The normalized spacial score (nSPS) is 12.0. The van der Waals surface area contributed by atoms with Gasteiger partial charge in [-0.05, 0) is 31.2 Å². The maximum absolute atomic E-state index is 13.0. The highest BCUT2D eigenvalue weighted by atomic mass is 19.1. The number of halogens is 1. The maximum Gasteiger partial charge on any atom is 0.328 e. The van der Waals surface area contributed by atoms with E-state index in [1.165, 1.54) is 42.3 Å². The van der Waals surface area contributed by atoms with Crippen molar-refractivity contribution in [1.29, 1.82) is 0 Å². The fourth-order valence-electron chi connectivity index (χ4n) is 2.05. The lowest BCUT2D eigenvalue weighted by Gasteiger charge is -2.13. The van der Waals surface area contributed by atoms with Crippen LogP contribution in [0.1, 0.15) is 16.1 Å². The number of rotatable bonds is 6. The number of amides is 1. The molecule has 0 saturated heterocycles. The van der Waals surface area contributed by atoms with Gasteiger partial charge in [0.15, 0.2) is 6.04 Å². The Morgan fingerprint density at radius 2 is 2.04 bits per heavy atom. The first-order chi connectivity index (χ1) is 10.9. The highest BCUT2D eigenvalue weighted by Crippen LogP contribution is 2.14. The molecule has 0 saturated carbocycles. The molecule has 0 fully saturated rings. The summed E-state index contributed by atoms with van der Waals surface area (Å²) in [4.78, 5) is 23.3. The van der Waals surface area contributed by atoms with Gasteiger partial charge in [0.05, 0.1) is 29.7 Å². The second kappa shape index (κ2) is 7.01. The van der Waals surface area contributed by atoms with E-state index in [-0.39, 0.29) is 18.0 Å². The molecule has 2 rings (SSSR count). The van der Waals surface area contributed by atoms with E-state index < -0.39 is 17.9 Å². The molecule has 0 aliphatic carbocycles. The van der Waals surface area contributed by atoms with Crippen molar-refractivity contribution in [2.45, 2.75) is 13.0 Å². The van der Waals surface area contributed by atoms with Crippen LogP contribution in [0.4, 0.5) is 4.39 Å². The zero-order valence-corrected chi connectivity index (χ0v) is 12.6. The van der Waals surface area contributed by atoms with Crippen LogP contribution in [0.3, 0.4) is 0 Å². The van der Waals surface area contributed by atoms with Crippen molar-refractivity contribution in [3.63, 3.8) is 0 Å². The average Bonchev–Trinajstić information content (AvgIpc) is 2.89. The molecule has 8 heteroatoms. The van der Waals surface area contributed by atoms with Gasteiger partial charge < -0.3 is 15.2 Å². The number of hydrogen-bond donors (Lipinski definition) is 2. The summed E-state index contributed by atoms with van der Waals surface area (Å²) < 4.78 is 19.2. The third-order valence-corrected chi connectivity index (χ3v) is 3.26. The second-order valence-corrected chi connectivity index (χ2v) is 4.85. The number of carboxylic acids is 1. The third kappa shape index (κ3) is 3.72. The van der Waals surface area contributed by atoms with E-state index in [0.717, 1.165) is 0 Å². The van der Waals surface area contributed by atoms with Gasteiger partial charge in [-0.25, -0.2) is 13.9 Å². The van der Waals surface area contributed by atoms with E-state index in [1.807, 2.05) is 0 Å². The van der Waals surface area contributed by atoms with Crippen molar-refractivity contribution in [2.75, 3.05) is 13.7 Å². The number of nitrogens with zero attached hydrogens (tertiary/aromatic N) is 2. The SMILES string of the molecule is COCC(NC(=O)c1cnn(-c2ccc(F)cc2)c1C)C(=O)O. The van der Waals surface area contributed by atoms with Gasteiger partial charge in [-0.2, -0.15) is 5.10 Å². The summed E-state index contributed by atoms with van der Waals surface area (Å²) in [5.41, 5.74) is 1.34. The largest absolute Gasteiger partial charge is 0.480 e. The van der Waals surface area contributed by atoms with Crippen LogP contribution in [-0.4, -0.2) is 46.5 Å². The van der Waals surface area contributed by atoms with Gasteiger partial charge in [-0.3, -0.25) is 4.79 Å². The Kier molecular flexibility index (Phi) is 5.07. The molecule has 0 radical (unpaired) electrons. The van der Waals surface area contributed by atoms with Gasteiger partial charge >= 0.3 is 5.97 Å². The molecule has 7 nitrogen and oxygen atoms in total. The zero-order valence-electron chi connectivity index (χ0n) is 12.6. The number of ether oxygens (including phenoxy) is 1. The van der Waals surface area contributed by atoms with Crippen LogP contribution >= 0.6 is 0 Å². The van der Waals surface area contributed by atoms with Crippen molar-refractivity contribution in [3.8, 4) is 5.69 Å². The van der Waals surface area contributed by atoms with E-state index in [1.54, 1.807) is 6.92 Å². The molecular formula is C15H16FN3O4. The Hall–Kier alpha value is -2.74. The number of carbonyl (C=O) groups is 2. The zero-order chi connectivity index (χ0) is 17.0. The summed E-state index contributed by atoms with van der Waals surface area (Å²) in [5, 5.41) is 15.5. The fraction of sp³-hybridized carbons (Fsp3) is 0.267. The smallest absolute Gasteiger partial charge is 0.328 e. The molecule has 1 aromatic carbocycles. The number of methoxy groups -OCH3 is 1. The lowest BCUT2D eigenvalue weighted by molar-refractivity contribution is -0.140. The van der Waals surface area contributed by atoms with E-state index in [9.17, 15) is 14.0 Å². The van der Waals surface area contributed by atoms with E-state index in [4.69, 9.17) is 9.84 Å². The third-order valence-electron chi connectivity index (χ3n) is 3.26. The molecule has 1 unspecified atom stereocenters. The molecule has 0 spiro atoms. The van der Waals surface area contributed by atoms with Crippen LogP contribution in [0.2, 0.25) is 0 Å². The number of hydrogen-bond acceptors (Lipinski definition) is 4. The summed E-state index contributed by atoms with van der Waals surface area (Å²) in [6.45, 7) is 1.52. The Balaban J connectivity index is 2.22. The van der Waals surface area contributed by atoms with Crippen LogP contribution in [0.25, 0.3) is 5.69 Å². The molecule has 1 amide bonds. The van der Waals surface area contributed by atoms with Gasteiger partial charge in [0.1, 0.15) is 5.82 Å². The van der Waals surface area contributed by atoms with Crippen LogP contribution < -0.4 is 5.32 Å². The van der Waals surface area contributed by atoms with Gasteiger partial charge in [-0.15, -0.1) is 0 Å². The first kappa shape index (κ1) is 16.6. The molecule has 0 aliphatic heterocycles. The van der Waals surface area contributed by atoms with E-state index in [0.29, 0.717) is 11.4 Å². The monoisotopic (exact) mass is 321 g/mol. The number of carbonyl (C=O) groups excluding carboxylic acids is 1. The topological polar surface area (TPSA) is 93.5 Å². The number of aliphatic carboxylic acids is 1. The fourth-order valence-corrected chi connectivity index (χ4v) is 2.05. The minimum absolute atomic E-state index is 0.147. The molecule has 2 N–H and O–H groups in total. The molecule has 1 atom stereocenters. The van der Waals surface area contributed by atoms with Gasteiger partial charge in [0.25, 0.3) is 5.91 Å². The van der Waals surface area contributed by atoms with E-state index in [2.05, 4.69) is 10.4 Å². The predicted molar refractivity (Wildman–Crippen MR) is 79.0 cm³/mol. The average molecular weight is 321 g/mol. The Morgan fingerprint density at radius 3 is 2.61 bits per heavy atom. The van der Waals surface area contributed by atoms with Crippen LogP contribution in [0.5, 0.6) is 0 Å². The summed E-state index contributed by atoms with van der Waals surface area (Å²) in [7, 11) is 1.35. The molecule has 23 heavy (non-hydrogen) atoms. The summed E-state index contributed by atoms with van der Waals surface area (Å²) in [6.07, 6.45) is 1.33. The molecular weight excluding hydrogens is 305 g/mol. The highest BCUT2D eigenvalue weighted by Gasteiger charge is 2.23. The van der Waals surface area contributed by atoms with Crippen molar-refractivity contribution >= 4 is 11.9 Å². The maximum atomic E-state index is 13.0. The van der Waals surface area contributed by atoms with Crippen molar-refractivity contribution in [1.82, 2.24) is 15.1 Å². The van der Waals surface area contributed by atoms with Crippen LogP contribution in [-0.2, 0) is 9.53 Å². The molecule has 1 aromatic heterocycles. The van der Waals surface area contributed by atoms with Crippen molar-refractivity contribution in [2.24, 2.45) is 0 Å². The Bertz CT molecular complexity index is 712. The number of carboxylic acid groups (broad SMARTS) is 1. The highest BCUT2D eigenvalue weighted by molar-refractivity contribution is 5.97. The molecule has 0 aliphatic rings. The summed E-state index contributed by atoms with van der Waals surface area (Å²) >= 11 is 0. The van der Waals surface area contributed by atoms with Crippen molar-refractivity contribution < 1.29 is 23.8 Å². The van der Waals surface area contributed by atoms with Crippen LogP contribution in [0.15, 0.2) is 30.5 Å². The minimum atomic E-state index is -1.19. The van der Waals surface area contributed by atoms with Gasteiger partial charge in [-0.1, -0.05) is 0 Å². The molecule has 2 aromatic rings. The second-order valence-electron chi connectivity index (χ2n) is 4.85.